The highest BCUT2D eigenvalue weighted by atomic mass is 35.6. The van der Waals surface area contributed by atoms with E-state index >= 15 is 0 Å². The summed E-state index contributed by atoms with van der Waals surface area (Å²) in [6, 6.07) is 23.4. The minimum absolute atomic E-state index is 0.0133. The molecule has 3 aromatic carbocycles. The van der Waals surface area contributed by atoms with Crippen LogP contribution in [0.15, 0.2) is 84.9 Å². The maximum atomic E-state index is 12.7. The van der Waals surface area contributed by atoms with Crippen molar-refractivity contribution in [2.75, 3.05) is 21.3 Å². The Bertz CT molecular complexity index is 1630. The number of hydrogen-bond donors (Lipinski definition) is 4. The van der Waals surface area contributed by atoms with Crippen LogP contribution < -0.4 is 26.0 Å². The van der Waals surface area contributed by atoms with Crippen LogP contribution in [0.4, 0.5) is 32.9 Å². The molecule has 4 aromatic rings. The third-order valence-corrected chi connectivity index (χ3v) is 6.91. The third kappa shape index (κ3) is 12.3. The first-order valence-corrected chi connectivity index (χ1v) is 15.7. The predicted octanol–water partition coefficient (Wildman–Crippen LogP) is 8.82. The first-order chi connectivity index (χ1) is 22.2. The molecular formula is C28H22Cl7N7O5. The van der Waals surface area contributed by atoms with E-state index in [4.69, 9.17) is 95.4 Å². The van der Waals surface area contributed by atoms with Gasteiger partial charge >= 0.3 is 12.2 Å². The topological polar surface area (TPSA) is 149 Å². The first-order valence-electron chi connectivity index (χ1n) is 13.1. The van der Waals surface area contributed by atoms with E-state index in [0.29, 0.717) is 22.1 Å². The van der Waals surface area contributed by atoms with Crippen molar-refractivity contribution in [1.82, 2.24) is 15.0 Å². The van der Waals surface area contributed by atoms with Crippen molar-refractivity contribution in [3.05, 3.63) is 95.8 Å². The zero-order valence-corrected chi connectivity index (χ0v) is 28.8. The van der Waals surface area contributed by atoms with Gasteiger partial charge in [-0.1, -0.05) is 118 Å². The normalized spacial score (nSPS) is 12.7. The van der Waals surface area contributed by atoms with Crippen molar-refractivity contribution in [2.24, 2.45) is 0 Å². The average molecular weight is 785 g/mol. The SMILES string of the molecule is O=C(Nc1ccccc1)O[C@@H](Nc1nc(COc2ccccc2)nc(N[C@@H](OC(=O)Nc2ccc(Cl)cc2)C(Cl)(Cl)Cl)n1)C(Cl)(Cl)Cl. The standard InChI is InChI=1S/C28H22Cl7N7O5/c29-16-11-13-18(14-12-16)37-26(44)47-22(28(33,34)35)41-24-39-20(15-45-19-9-5-2-6-10-19)38-23(42-24)40-21(27(30,31)32)46-25(43)36-17-7-3-1-4-8-17/h1-14,21-22H,15H2,(H,36,43)(H,37,44)(H2,38,39,40,41,42)/t21-,22+/m1/s1. The van der Waals surface area contributed by atoms with Gasteiger partial charge in [0.2, 0.25) is 31.9 Å². The molecular weight excluding hydrogens is 763 g/mol. The second-order valence-electron chi connectivity index (χ2n) is 9.07. The lowest BCUT2D eigenvalue weighted by atomic mass is 10.3. The van der Waals surface area contributed by atoms with Crippen LogP contribution in [0.2, 0.25) is 5.02 Å². The van der Waals surface area contributed by atoms with Gasteiger partial charge in [0.1, 0.15) is 12.4 Å². The number of carbonyl (C=O) groups is 2. The molecule has 2 amide bonds. The Morgan fingerprint density at radius 2 is 1.09 bits per heavy atom. The van der Waals surface area contributed by atoms with E-state index in [0.717, 1.165) is 0 Å². The summed E-state index contributed by atoms with van der Waals surface area (Å²) in [6.45, 7) is -0.194. The molecule has 2 atom stereocenters. The molecule has 4 rings (SSSR count). The summed E-state index contributed by atoms with van der Waals surface area (Å²) in [4.78, 5) is 38.0. The van der Waals surface area contributed by atoms with Crippen molar-refractivity contribution >= 4 is 117 Å². The van der Waals surface area contributed by atoms with Gasteiger partial charge in [0.05, 0.1) is 0 Å². The molecule has 0 aliphatic heterocycles. The molecule has 4 N–H and O–H groups in total. The lowest BCUT2D eigenvalue weighted by Gasteiger charge is -2.27. The van der Waals surface area contributed by atoms with Gasteiger partial charge in [-0.05, 0) is 48.5 Å². The number of rotatable bonds is 11. The number of benzene rings is 3. The fourth-order valence-electron chi connectivity index (χ4n) is 3.43. The van der Waals surface area contributed by atoms with Crippen LogP contribution in [0.5, 0.6) is 5.75 Å². The van der Waals surface area contributed by atoms with Crippen molar-refractivity contribution in [3.8, 4) is 5.75 Å². The van der Waals surface area contributed by atoms with Crippen molar-refractivity contribution in [2.45, 2.75) is 26.6 Å². The van der Waals surface area contributed by atoms with E-state index in [1.807, 2.05) is 6.07 Å². The number of halogens is 7. The van der Waals surface area contributed by atoms with Crippen molar-refractivity contribution < 1.29 is 23.8 Å². The van der Waals surface area contributed by atoms with Crippen LogP contribution in [-0.2, 0) is 16.1 Å². The maximum Gasteiger partial charge on any atom is 0.413 e. The molecule has 0 saturated heterocycles. The Labute approximate surface area is 303 Å². The number of ether oxygens (including phenoxy) is 3. The molecule has 0 radical (unpaired) electrons. The third-order valence-electron chi connectivity index (χ3n) is 5.47. The fourth-order valence-corrected chi connectivity index (χ4v) is 4.15. The number of para-hydroxylation sites is 2. The Hall–Kier alpha value is -3.36. The van der Waals surface area contributed by atoms with Gasteiger partial charge in [-0.3, -0.25) is 10.6 Å². The zero-order valence-electron chi connectivity index (χ0n) is 23.5. The molecule has 47 heavy (non-hydrogen) atoms. The minimum Gasteiger partial charge on any atom is -0.486 e. The van der Waals surface area contributed by atoms with Gasteiger partial charge in [-0.25, -0.2) is 9.59 Å². The summed E-state index contributed by atoms with van der Waals surface area (Å²) in [7, 11) is 0. The van der Waals surface area contributed by atoms with E-state index in [1.165, 1.54) is 12.1 Å². The lowest BCUT2D eigenvalue weighted by Crippen LogP contribution is -2.41. The largest absolute Gasteiger partial charge is 0.486 e. The highest BCUT2D eigenvalue weighted by Crippen LogP contribution is 2.34. The summed E-state index contributed by atoms with van der Waals surface area (Å²) in [6.07, 6.45) is -5.25. The molecule has 0 spiro atoms. The molecule has 1 heterocycles. The van der Waals surface area contributed by atoms with E-state index in [-0.39, 0.29) is 24.3 Å². The van der Waals surface area contributed by atoms with E-state index < -0.39 is 32.2 Å². The van der Waals surface area contributed by atoms with Crippen molar-refractivity contribution in [1.29, 1.82) is 0 Å². The summed E-state index contributed by atoms with van der Waals surface area (Å²) in [5.41, 5.74) is 0.772. The minimum atomic E-state index is -2.24. The molecule has 0 unspecified atom stereocenters. The van der Waals surface area contributed by atoms with E-state index in [9.17, 15) is 9.59 Å². The fraction of sp³-hybridized carbons (Fsp3) is 0.179. The van der Waals surface area contributed by atoms with Crippen LogP contribution in [0, 0.1) is 0 Å². The number of hydrogen-bond acceptors (Lipinski definition) is 10. The zero-order chi connectivity index (χ0) is 34.0. The highest BCUT2D eigenvalue weighted by Gasteiger charge is 2.39. The Morgan fingerprint density at radius 3 is 1.55 bits per heavy atom. The maximum absolute atomic E-state index is 12.7. The van der Waals surface area contributed by atoms with Crippen molar-refractivity contribution in [3.63, 3.8) is 0 Å². The Kier molecular flexibility index (Phi) is 12.9. The van der Waals surface area contributed by atoms with Gasteiger partial charge in [0.25, 0.3) is 0 Å². The lowest BCUT2D eigenvalue weighted by molar-refractivity contribution is 0.126. The number of anilines is 4. The number of aromatic nitrogens is 3. The molecule has 0 bridgehead atoms. The van der Waals surface area contributed by atoms with Crippen LogP contribution in [0.1, 0.15) is 5.82 Å². The van der Waals surface area contributed by atoms with Crippen LogP contribution in [-0.4, -0.2) is 47.2 Å². The number of amides is 2. The second kappa shape index (κ2) is 16.6. The predicted molar refractivity (Wildman–Crippen MR) is 184 cm³/mol. The first kappa shape index (κ1) is 36.5. The van der Waals surface area contributed by atoms with Gasteiger partial charge in [-0.2, -0.15) is 15.0 Å². The molecule has 19 heteroatoms. The molecule has 0 aliphatic carbocycles. The average Bonchev–Trinajstić information content (AvgIpc) is 3.00. The number of carbonyl (C=O) groups excluding carboxylic acids is 2. The Morgan fingerprint density at radius 1 is 0.638 bits per heavy atom. The number of nitrogens with zero attached hydrogens (tertiary/aromatic N) is 3. The van der Waals surface area contributed by atoms with Crippen LogP contribution >= 0.6 is 81.2 Å². The van der Waals surface area contributed by atoms with Crippen LogP contribution in [0.3, 0.4) is 0 Å². The molecule has 12 nitrogen and oxygen atoms in total. The Balaban J connectivity index is 1.57. The number of nitrogens with one attached hydrogen (secondary N) is 4. The van der Waals surface area contributed by atoms with Gasteiger partial charge < -0.3 is 24.8 Å². The molecule has 1 aromatic heterocycles. The number of alkyl halides is 6. The van der Waals surface area contributed by atoms with Gasteiger partial charge in [0.15, 0.2) is 5.82 Å². The van der Waals surface area contributed by atoms with Gasteiger partial charge in [0, 0.05) is 16.4 Å². The van der Waals surface area contributed by atoms with E-state index in [2.05, 4.69) is 36.2 Å². The second-order valence-corrected chi connectivity index (χ2v) is 14.2. The monoisotopic (exact) mass is 781 g/mol. The molecule has 248 valence electrons. The van der Waals surface area contributed by atoms with Gasteiger partial charge in [-0.15, -0.1) is 0 Å². The van der Waals surface area contributed by atoms with Crippen LogP contribution in [0.25, 0.3) is 0 Å². The van der Waals surface area contributed by atoms with E-state index in [1.54, 1.807) is 66.7 Å². The highest BCUT2D eigenvalue weighted by molar-refractivity contribution is 6.68. The quantitative estimate of drug-likeness (QED) is 0.0859. The smallest absolute Gasteiger partial charge is 0.413 e. The molecule has 0 saturated carbocycles. The molecule has 0 aliphatic rings. The summed E-state index contributed by atoms with van der Waals surface area (Å²) < 4.78 is 11.9. The summed E-state index contributed by atoms with van der Waals surface area (Å²) in [5.74, 6) is -0.0361. The summed E-state index contributed by atoms with van der Waals surface area (Å²) >= 11 is 42.6. The molecule has 0 fully saturated rings. The summed E-state index contributed by atoms with van der Waals surface area (Å²) in [5, 5.41) is 10.7.